The summed E-state index contributed by atoms with van der Waals surface area (Å²) in [6.45, 7) is 0. The van der Waals surface area contributed by atoms with Crippen LogP contribution in [0.25, 0.3) is 0 Å². The zero-order valence-corrected chi connectivity index (χ0v) is 17.2. The molecule has 0 aliphatic carbocycles. The van der Waals surface area contributed by atoms with Crippen LogP contribution in [0, 0.1) is 0 Å². The molecule has 0 heterocycles. The summed E-state index contributed by atoms with van der Waals surface area (Å²) in [5, 5.41) is 4.31. The summed E-state index contributed by atoms with van der Waals surface area (Å²) in [4.78, 5) is 0. The average Bonchev–Trinajstić information content (AvgIpc) is 2.58. The first-order chi connectivity index (χ1) is 11.2. The molecule has 0 saturated carbocycles. The predicted octanol–water partition coefficient (Wildman–Crippen LogP) is 5.24. The first-order valence-corrected chi connectivity index (χ1v) is 15.1. The van der Waals surface area contributed by atoms with Gasteiger partial charge in [-0.15, -0.1) is 0 Å². The van der Waals surface area contributed by atoms with E-state index in [0.717, 1.165) is 0 Å². The van der Waals surface area contributed by atoms with Crippen LogP contribution in [-0.2, 0) is 13.0 Å². The molecule has 0 aliphatic rings. The Morgan fingerprint density at radius 2 is 0.696 bits per heavy atom. The number of halogens is 3. The molecule has 0 saturated heterocycles. The molecule has 0 N–H and O–H groups in total. The summed E-state index contributed by atoms with van der Waals surface area (Å²) in [6.07, 6.45) is 0. The minimum atomic E-state index is -1.75. The van der Waals surface area contributed by atoms with Crippen molar-refractivity contribution in [3.8, 4) is 0 Å². The largest absolute Gasteiger partial charge is 0.102 e. The molecule has 0 unspecified atom stereocenters. The van der Waals surface area contributed by atoms with Gasteiger partial charge in [-0.05, 0) is 36.4 Å². The maximum Gasteiger partial charge on any atom is 0.102 e. The Morgan fingerprint density at radius 3 is 0.913 bits per heavy atom. The zero-order valence-electron chi connectivity index (χ0n) is 12.1. The summed E-state index contributed by atoms with van der Waals surface area (Å²) in [6, 6.07) is 32.5. The Balaban J connectivity index is 0.000000433. The zero-order chi connectivity index (χ0) is 16.5. The fourth-order valence-electron chi connectivity index (χ4n) is 2.31. The molecule has 0 spiro atoms. The monoisotopic (exact) mass is 470 g/mol. The van der Waals surface area contributed by atoms with Crippen LogP contribution in [0.3, 0.4) is 0 Å². The Hall–Kier alpha value is -0.417. The van der Waals surface area contributed by atoms with Gasteiger partial charge in [-0.25, -0.2) is 0 Å². The van der Waals surface area contributed by atoms with Crippen molar-refractivity contribution in [2.45, 2.75) is 0 Å². The van der Waals surface area contributed by atoms with Gasteiger partial charge < -0.3 is 0 Å². The van der Waals surface area contributed by atoms with Gasteiger partial charge in [0.2, 0.25) is 0 Å². The number of benzene rings is 3. The minimum absolute atomic E-state index is 0.877. The SMILES string of the molecule is [Cl][Ru]([Cl])[Cl].c1ccc([PH+](c2ccccc2)c2ccccc2)cc1. The van der Waals surface area contributed by atoms with Gasteiger partial charge in [0.05, 0.1) is 7.92 Å². The summed E-state index contributed by atoms with van der Waals surface area (Å²) in [7, 11) is 14.0. The van der Waals surface area contributed by atoms with E-state index in [2.05, 4.69) is 91.0 Å². The molecule has 3 aromatic rings. The van der Waals surface area contributed by atoms with E-state index in [-0.39, 0.29) is 0 Å². The second-order valence-corrected chi connectivity index (χ2v) is 15.0. The average molecular weight is 471 g/mol. The molecule has 0 amide bonds. The second-order valence-electron chi connectivity index (χ2n) is 4.62. The maximum absolute atomic E-state index is 4.95. The van der Waals surface area contributed by atoms with Crippen LogP contribution in [0.15, 0.2) is 91.0 Å². The Morgan fingerprint density at radius 1 is 0.478 bits per heavy atom. The van der Waals surface area contributed by atoms with Crippen LogP contribution in [-0.4, -0.2) is 0 Å². The van der Waals surface area contributed by atoms with Gasteiger partial charge >= 0.3 is 42.1 Å². The van der Waals surface area contributed by atoms with Gasteiger partial charge in [-0.2, -0.15) is 0 Å². The summed E-state index contributed by atoms with van der Waals surface area (Å²) in [5.74, 6) is 0. The Bertz CT molecular complexity index is 582. The van der Waals surface area contributed by atoms with Gasteiger partial charge in [0.1, 0.15) is 15.9 Å². The first-order valence-electron chi connectivity index (χ1n) is 6.88. The molecule has 3 aromatic carbocycles. The molecular formula is C18H16Cl3PRu+. The fourth-order valence-corrected chi connectivity index (χ4v) is 4.89. The molecule has 0 aliphatic heterocycles. The minimum Gasteiger partial charge on any atom is -0.0620 e. The Labute approximate surface area is 156 Å². The predicted molar refractivity (Wildman–Crippen MR) is 104 cm³/mol. The number of rotatable bonds is 3. The van der Waals surface area contributed by atoms with Gasteiger partial charge in [0.25, 0.3) is 0 Å². The van der Waals surface area contributed by atoms with Gasteiger partial charge in [-0.3, -0.25) is 0 Å². The van der Waals surface area contributed by atoms with E-state index < -0.39 is 20.9 Å². The molecule has 23 heavy (non-hydrogen) atoms. The van der Waals surface area contributed by atoms with Crippen molar-refractivity contribution in [1.29, 1.82) is 0 Å². The number of hydrogen-bond acceptors (Lipinski definition) is 0. The van der Waals surface area contributed by atoms with Crippen molar-refractivity contribution < 1.29 is 13.0 Å². The van der Waals surface area contributed by atoms with Crippen molar-refractivity contribution in [2.24, 2.45) is 0 Å². The van der Waals surface area contributed by atoms with Crippen molar-refractivity contribution in [3.63, 3.8) is 0 Å². The van der Waals surface area contributed by atoms with Gasteiger partial charge in [0.15, 0.2) is 0 Å². The van der Waals surface area contributed by atoms with Crippen LogP contribution >= 0.6 is 37.0 Å². The van der Waals surface area contributed by atoms with Crippen LogP contribution in [0.4, 0.5) is 0 Å². The van der Waals surface area contributed by atoms with Crippen molar-refractivity contribution >= 4 is 52.9 Å². The normalized spacial score (nSPS) is 10.7. The van der Waals surface area contributed by atoms with Crippen LogP contribution < -0.4 is 15.9 Å². The molecule has 3 rings (SSSR count). The van der Waals surface area contributed by atoms with Crippen LogP contribution in [0.1, 0.15) is 0 Å². The molecule has 0 fully saturated rings. The standard InChI is InChI=1S/C18H15P.3ClH.Ru/c1-4-10-16(11-5-1)19(17-12-6-2-7-13-17)18-14-8-3-9-15-18;;;;/h1-15H;3*1H;/q;;;;+3/p-2. The van der Waals surface area contributed by atoms with E-state index in [1.165, 1.54) is 15.9 Å². The van der Waals surface area contributed by atoms with Crippen LogP contribution in [0.2, 0.25) is 0 Å². The van der Waals surface area contributed by atoms with E-state index in [1.807, 2.05) is 0 Å². The molecule has 0 nitrogen and oxygen atoms in total. The van der Waals surface area contributed by atoms with Crippen molar-refractivity contribution in [1.82, 2.24) is 0 Å². The van der Waals surface area contributed by atoms with Gasteiger partial charge in [0, 0.05) is 0 Å². The second kappa shape index (κ2) is 10.4. The first kappa shape index (κ1) is 18.9. The molecule has 0 aromatic heterocycles. The third kappa shape index (κ3) is 6.54. The summed E-state index contributed by atoms with van der Waals surface area (Å²) in [5.41, 5.74) is 0. The number of hydrogen-bond donors (Lipinski definition) is 0. The fraction of sp³-hybridized carbons (Fsp3) is 0. The Kier molecular flexibility index (Phi) is 8.59. The quantitative estimate of drug-likeness (QED) is 0.363. The van der Waals surface area contributed by atoms with Gasteiger partial charge in [-0.1, -0.05) is 54.6 Å². The van der Waals surface area contributed by atoms with E-state index in [4.69, 9.17) is 29.1 Å². The molecule has 5 heteroatoms. The molecule has 0 atom stereocenters. The topological polar surface area (TPSA) is 0 Å². The third-order valence-electron chi connectivity index (χ3n) is 3.19. The molecule has 0 bridgehead atoms. The smallest absolute Gasteiger partial charge is 0.0620 e. The molecule has 0 radical (unpaired) electrons. The molecule has 121 valence electrons. The van der Waals surface area contributed by atoms with E-state index in [0.29, 0.717) is 0 Å². The van der Waals surface area contributed by atoms with Crippen LogP contribution in [0.5, 0.6) is 0 Å². The van der Waals surface area contributed by atoms with E-state index in [9.17, 15) is 0 Å². The van der Waals surface area contributed by atoms with E-state index >= 15 is 0 Å². The summed E-state index contributed by atoms with van der Waals surface area (Å²) < 4.78 is 0. The maximum atomic E-state index is 4.95. The molecular weight excluding hydrogens is 455 g/mol. The van der Waals surface area contributed by atoms with E-state index in [1.54, 1.807) is 0 Å². The third-order valence-corrected chi connectivity index (χ3v) is 5.92. The summed E-state index contributed by atoms with van der Waals surface area (Å²) >= 11 is -1.75. The van der Waals surface area contributed by atoms with Crippen molar-refractivity contribution in [3.05, 3.63) is 91.0 Å². The van der Waals surface area contributed by atoms with Crippen molar-refractivity contribution in [2.75, 3.05) is 0 Å².